The van der Waals surface area contributed by atoms with Gasteiger partial charge >= 0.3 is 0 Å². The molecular formula is C19H20N2. The van der Waals surface area contributed by atoms with Crippen LogP contribution in [-0.4, -0.2) is 6.54 Å². The van der Waals surface area contributed by atoms with Crippen LogP contribution in [-0.2, 0) is 13.0 Å². The van der Waals surface area contributed by atoms with Gasteiger partial charge in [0.25, 0.3) is 0 Å². The van der Waals surface area contributed by atoms with Crippen LogP contribution in [0, 0.1) is 12.3 Å². The van der Waals surface area contributed by atoms with Crippen molar-refractivity contribution in [2.75, 3.05) is 11.9 Å². The lowest BCUT2D eigenvalue weighted by atomic mass is 10.1. The van der Waals surface area contributed by atoms with E-state index in [4.69, 9.17) is 6.42 Å². The molecule has 0 spiro atoms. The number of hydrogen-bond acceptors (Lipinski definition) is 2. The summed E-state index contributed by atoms with van der Waals surface area (Å²) >= 11 is 0. The third-order valence-electron chi connectivity index (χ3n) is 4.05. The van der Waals surface area contributed by atoms with E-state index in [1.54, 1.807) is 0 Å². The molecule has 1 unspecified atom stereocenters. The second-order valence-corrected chi connectivity index (χ2v) is 5.39. The molecule has 106 valence electrons. The molecule has 3 rings (SSSR count). The summed E-state index contributed by atoms with van der Waals surface area (Å²) in [5.74, 6) is 2.66. The van der Waals surface area contributed by atoms with Crippen molar-refractivity contribution in [3.8, 4) is 12.3 Å². The first kappa shape index (κ1) is 13.7. The summed E-state index contributed by atoms with van der Waals surface area (Å²) in [6.45, 7) is 1.49. The van der Waals surface area contributed by atoms with Gasteiger partial charge in [-0.25, -0.2) is 0 Å². The Labute approximate surface area is 126 Å². The summed E-state index contributed by atoms with van der Waals surface area (Å²) in [6, 6.07) is 17.4. The van der Waals surface area contributed by atoms with E-state index in [1.807, 2.05) is 6.07 Å². The van der Waals surface area contributed by atoms with Crippen molar-refractivity contribution < 1.29 is 0 Å². The first-order valence-corrected chi connectivity index (χ1v) is 7.45. The van der Waals surface area contributed by atoms with Gasteiger partial charge in [0.2, 0.25) is 0 Å². The summed E-state index contributed by atoms with van der Waals surface area (Å²) < 4.78 is 0. The molecule has 0 bridgehead atoms. The van der Waals surface area contributed by atoms with Gasteiger partial charge in [-0.3, -0.25) is 5.32 Å². The summed E-state index contributed by atoms with van der Waals surface area (Å²) in [6.07, 6.45) is 7.58. The minimum atomic E-state index is 0.398. The zero-order valence-electron chi connectivity index (χ0n) is 12.1. The van der Waals surface area contributed by atoms with Crippen molar-refractivity contribution in [3.63, 3.8) is 0 Å². The monoisotopic (exact) mass is 276 g/mol. The molecule has 0 heterocycles. The van der Waals surface area contributed by atoms with Crippen LogP contribution in [0.2, 0.25) is 0 Å². The molecule has 1 aliphatic carbocycles. The van der Waals surface area contributed by atoms with Crippen LogP contribution in [0.4, 0.5) is 5.69 Å². The second kappa shape index (κ2) is 6.47. The SMILES string of the molecule is C#CCNC1CCc2c(NCc3ccccc3)cccc21. The largest absolute Gasteiger partial charge is 0.381 e. The lowest BCUT2D eigenvalue weighted by molar-refractivity contribution is 0.568. The maximum Gasteiger partial charge on any atom is 0.0578 e. The Kier molecular flexibility index (Phi) is 4.23. The molecule has 0 saturated heterocycles. The fraction of sp³-hybridized carbons (Fsp3) is 0.263. The number of fused-ring (bicyclic) bond motifs is 1. The Balaban J connectivity index is 1.73. The van der Waals surface area contributed by atoms with E-state index >= 15 is 0 Å². The van der Waals surface area contributed by atoms with Gasteiger partial charge in [0.05, 0.1) is 6.54 Å². The quantitative estimate of drug-likeness (QED) is 0.817. The van der Waals surface area contributed by atoms with E-state index in [0.29, 0.717) is 12.6 Å². The van der Waals surface area contributed by atoms with Gasteiger partial charge in [0, 0.05) is 18.3 Å². The first-order valence-electron chi connectivity index (χ1n) is 7.45. The van der Waals surface area contributed by atoms with E-state index in [2.05, 4.69) is 59.0 Å². The van der Waals surface area contributed by atoms with Crippen LogP contribution in [0.3, 0.4) is 0 Å². The number of nitrogens with one attached hydrogen (secondary N) is 2. The Bertz CT molecular complexity index is 640. The van der Waals surface area contributed by atoms with Crippen molar-refractivity contribution >= 4 is 5.69 Å². The summed E-state index contributed by atoms with van der Waals surface area (Å²) in [5, 5.41) is 6.99. The van der Waals surface area contributed by atoms with Crippen LogP contribution < -0.4 is 10.6 Å². The molecule has 1 atom stereocenters. The summed E-state index contributed by atoms with van der Waals surface area (Å²) in [4.78, 5) is 0. The number of terminal acetylenes is 1. The Morgan fingerprint density at radius 1 is 1.10 bits per heavy atom. The van der Waals surface area contributed by atoms with Gasteiger partial charge in [0.15, 0.2) is 0 Å². The zero-order chi connectivity index (χ0) is 14.5. The highest BCUT2D eigenvalue weighted by molar-refractivity contribution is 5.57. The van der Waals surface area contributed by atoms with Crippen LogP contribution in [0.5, 0.6) is 0 Å². The van der Waals surface area contributed by atoms with Gasteiger partial charge in [-0.05, 0) is 35.6 Å². The third kappa shape index (κ3) is 3.09. The van der Waals surface area contributed by atoms with Crippen molar-refractivity contribution in [2.24, 2.45) is 0 Å². The molecule has 2 aromatic rings. The lowest BCUT2D eigenvalue weighted by Gasteiger charge is -2.14. The second-order valence-electron chi connectivity index (χ2n) is 5.39. The van der Waals surface area contributed by atoms with Crippen LogP contribution in [0.1, 0.15) is 29.2 Å². The van der Waals surface area contributed by atoms with E-state index in [9.17, 15) is 0 Å². The summed E-state index contributed by atoms with van der Waals surface area (Å²) in [7, 11) is 0. The average Bonchev–Trinajstić information content (AvgIpc) is 2.95. The maximum atomic E-state index is 5.34. The van der Waals surface area contributed by atoms with Gasteiger partial charge < -0.3 is 5.32 Å². The lowest BCUT2D eigenvalue weighted by Crippen LogP contribution is -2.19. The highest BCUT2D eigenvalue weighted by atomic mass is 14.9. The molecule has 0 amide bonds. The Hall–Kier alpha value is -2.24. The smallest absolute Gasteiger partial charge is 0.0578 e. The van der Waals surface area contributed by atoms with Crippen molar-refractivity contribution in [2.45, 2.75) is 25.4 Å². The molecule has 21 heavy (non-hydrogen) atoms. The van der Waals surface area contributed by atoms with E-state index in [0.717, 1.165) is 19.4 Å². The fourth-order valence-corrected chi connectivity index (χ4v) is 3.01. The standard InChI is InChI=1S/C19H20N2/c1-2-13-20-19-12-11-17-16(19)9-6-10-18(17)21-14-15-7-4-3-5-8-15/h1,3-10,19-21H,11-14H2. The topological polar surface area (TPSA) is 24.1 Å². The predicted molar refractivity (Wildman–Crippen MR) is 88.1 cm³/mol. The molecule has 2 aromatic carbocycles. The van der Waals surface area contributed by atoms with Crippen LogP contribution in [0.15, 0.2) is 48.5 Å². The van der Waals surface area contributed by atoms with Gasteiger partial charge in [0.1, 0.15) is 0 Å². The van der Waals surface area contributed by atoms with E-state index < -0.39 is 0 Å². The molecule has 2 nitrogen and oxygen atoms in total. The van der Waals surface area contributed by atoms with Crippen molar-refractivity contribution in [3.05, 3.63) is 65.2 Å². The molecule has 2 N–H and O–H groups in total. The van der Waals surface area contributed by atoms with Crippen LogP contribution in [0.25, 0.3) is 0 Å². The number of hydrogen-bond donors (Lipinski definition) is 2. The maximum absolute atomic E-state index is 5.34. The van der Waals surface area contributed by atoms with Gasteiger partial charge in [-0.1, -0.05) is 48.4 Å². The molecule has 0 aliphatic heterocycles. The number of rotatable bonds is 5. The zero-order valence-corrected chi connectivity index (χ0v) is 12.1. The highest BCUT2D eigenvalue weighted by Crippen LogP contribution is 2.35. The molecule has 0 fully saturated rings. The highest BCUT2D eigenvalue weighted by Gasteiger charge is 2.23. The van der Waals surface area contributed by atoms with E-state index in [1.165, 1.54) is 22.4 Å². The molecule has 2 heteroatoms. The molecule has 0 radical (unpaired) electrons. The Morgan fingerprint density at radius 3 is 2.76 bits per heavy atom. The molecular weight excluding hydrogens is 256 g/mol. The number of anilines is 1. The van der Waals surface area contributed by atoms with Gasteiger partial charge in [-0.2, -0.15) is 0 Å². The molecule has 0 saturated carbocycles. The Morgan fingerprint density at radius 2 is 1.95 bits per heavy atom. The summed E-state index contributed by atoms with van der Waals surface area (Å²) in [5.41, 5.74) is 5.38. The first-order chi connectivity index (χ1) is 10.4. The average molecular weight is 276 g/mol. The van der Waals surface area contributed by atoms with E-state index in [-0.39, 0.29) is 0 Å². The third-order valence-corrected chi connectivity index (χ3v) is 4.05. The minimum absolute atomic E-state index is 0.398. The van der Waals surface area contributed by atoms with Crippen LogP contribution >= 0.6 is 0 Å². The van der Waals surface area contributed by atoms with Crippen molar-refractivity contribution in [1.29, 1.82) is 0 Å². The fourth-order valence-electron chi connectivity index (χ4n) is 3.01. The minimum Gasteiger partial charge on any atom is -0.381 e. The normalized spacial score (nSPS) is 16.2. The number of benzene rings is 2. The molecule has 1 aliphatic rings. The predicted octanol–water partition coefficient (Wildman–Crippen LogP) is 3.51. The molecule has 0 aromatic heterocycles. The van der Waals surface area contributed by atoms with Crippen molar-refractivity contribution in [1.82, 2.24) is 5.32 Å². The van der Waals surface area contributed by atoms with Gasteiger partial charge in [-0.15, -0.1) is 6.42 Å².